The number of fused-ring (bicyclic) bond motifs is 3. The number of carboxylic acids is 1. The van der Waals surface area contributed by atoms with E-state index in [-0.39, 0.29) is 63.7 Å². The van der Waals surface area contributed by atoms with Gasteiger partial charge in [0.2, 0.25) is 17.8 Å². The predicted molar refractivity (Wildman–Crippen MR) is 210 cm³/mol. The molecule has 0 spiro atoms. The lowest BCUT2D eigenvalue weighted by molar-refractivity contribution is -0.121. The molecule has 0 bridgehead atoms. The molecule has 5 aromatic rings. The summed E-state index contributed by atoms with van der Waals surface area (Å²) in [6, 6.07) is 21.4. The van der Waals surface area contributed by atoms with E-state index >= 15 is 0 Å². The van der Waals surface area contributed by atoms with Crippen molar-refractivity contribution in [3.05, 3.63) is 118 Å². The monoisotopic (exact) mass is 757 g/mol. The van der Waals surface area contributed by atoms with Gasteiger partial charge in [-0.1, -0.05) is 30.3 Å². The number of aromatic amines is 1. The van der Waals surface area contributed by atoms with Gasteiger partial charge in [-0.05, 0) is 72.4 Å². The summed E-state index contributed by atoms with van der Waals surface area (Å²) in [6.45, 7) is 0.385. The number of imidazole rings is 1. The van der Waals surface area contributed by atoms with Crippen LogP contribution in [0.15, 0.2) is 94.4 Å². The molecule has 3 aromatic carbocycles. The molecule has 0 saturated heterocycles. The number of benzene rings is 4. The van der Waals surface area contributed by atoms with E-state index < -0.39 is 5.97 Å². The fraction of sp³-hybridized carbons (Fsp3) is 0.175. The molecule has 7 N–H and O–H groups in total. The molecule has 3 heterocycles. The molecule has 15 heteroatoms. The van der Waals surface area contributed by atoms with Gasteiger partial charge in [0.1, 0.15) is 22.6 Å². The number of anilines is 2. The number of hydrogen-bond acceptors (Lipinski definition) is 11. The Kier molecular flexibility index (Phi) is 10.7. The van der Waals surface area contributed by atoms with Crippen LogP contribution in [0.1, 0.15) is 40.0 Å². The molecular formula is C40H35N7O7S. The zero-order valence-corrected chi connectivity index (χ0v) is 30.1. The third kappa shape index (κ3) is 8.57. The lowest BCUT2D eigenvalue weighted by atomic mass is 9.90. The first-order valence-electron chi connectivity index (χ1n) is 17.4. The summed E-state index contributed by atoms with van der Waals surface area (Å²) in [5, 5.41) is 26.4. The van der Waals surface area contributed by atoms with Crippen molar-refractivity contribution in [2.24, 2.45) is 0 Å². The van der Waals surface area contributed by atoms with E-state index in [1.54, 1.807) is 30.6 Å². The molecule has 1 aliphatic heterocycles. The number of aryl methyl sites for hydroxylation is 2. The molecule has 7 rings (SSSR count). The minimum absolute atomic E-state index is 0.0521. The van der Waals surface area contributed by atoms with Crippen molar-refractivity contribution in [3.63, 3.8) is 0 Å². The van der Waals surface area contributed by atoms with E-state index in [1.807, 2.05) is 24.3 Å². The Morgan fingerprint density at radius 2 is 1.69 bits per heavy atom. The van der Waals surface area contributed by atoms with Crippen LogP contribution in [0.25, 0.3) is 44.6 Å². The number of carbonyl (C=O) groups is 3. The number of amides is 2. The Morgan fingerprint density at radius 3 is 2.51 bits per heavy atom. The zero-order valence-electron chi connectivity index (χ0n) is 29.3. The van der Waals surface area contributed by atoms with Gasteiger partial charge in [0.05, 0.1) is 23.3 Å². The van der Waals surface area contributed by atoms with Crippen molar-refractivity contribution >= 4 is 63.3 Å². The number of phenolic OH excluding ortho intramolecular Hbond substituents is 1. The summed E-state index contributed by atoms with van der Waals surface area (Å²) in [7, 11) is 0. The van der Waals surface area contributed by atoms with E-state index in [0.29, 0.717) is 40.0 Å². The molecule has 2 aromatic heterocycles. The normalized spacial score (nSPS) is 11.3. The van der Waals surface area contributed by atoms with Gasteiger partial charge < -0.3 is 36.0 Å². The van der Waals surface area contributed by atoms with Crippen LogP contribution < -0.4 is 21.8 Å². The highest BCUT2D eigenvalue weighted by Gasteiger charge is 2.23. The fourth-order valence-corrected chi connectivity index (χ4v) is 7.09. The lowest BCUT2D eigenvalue weighted by Crippen LogP contribution is -2.23. The van der Waals surface area contributed by atoms with Gasteiger partial charge in [-0.15, -0.1) is 0 Å². The van der Waals surface area contributed by atoms with Crippen molar-refractivity contribution in [1.29, 1.82) is 0 Å². The maximum Gasteiger partial charge on any atom is 0.336 e. The SMILES string of the molecule is Nc1nc(CCCc2ccc(CNC(=O)CCSCC(=O)Nc3ccc(-c4c5ccc(=O)cc-5oc5cc(O)ccc45)c(C(=O)O)c3)cc2)c2[nH]cnc2n1. The van der Waals surface area contributed by atoms with Gasteiger partial charge in [0.25, 0.3) is 0 Å². The van der Waals surface area contributed by atoms with Crippen LogP contribution in [0, 0.1) is 0 Å². The largest absolute Gasteiger partial charge is 0.508 e. The Morgan fingerprint density at radius 1 is 0.891 bits per heavy atom. The third-order valence-electron chi connectivity index (χ3n) is 8.96. The number of H-pyrrole nitrogens is 1. The van der Waals surface area contributed by atoms with Crippen LogP contribution in [0.4, 0.5) is 11.6 Å². The minimum Gasteiger partial charge on any atom is -0.508 e. The van der Waals surface area contributed by atoms with Gasteiger partial charge in [0.15, 0.2) is 11.1 Å². The lowest BCUT2D eigenvalue weighted by Gasteiger charge is -2.17. The van der Waals surface area contributed by atoms with Crippen molar-refractivity contribution < 1.29 is 29.0 Å². The van der Waals surface area contributed by atoms with Crippen molar-refractivity contribution in [1.82, 2.24) is 25.3 Å². The molecule has 1 aliphatic carbocycles. The number of aromatic hydroxyl groups is 1. The molecular weight excluding hydrogens is 723 g/mol. The number of nitrogen functional groups attached to an aromatic ring is 1. The van der Waals surface area contributed by atoms with Gasteiger partial charge in [0, 0.05) is 53.1 Å². The molecule has 0 saturated carbocycles. The van der Waals surface area contributed by atoms with E-state index in [0.717, 1.165) is 36.0 Å². The maximum atomic E-state index is 12.8. The summed E-state index contributed by atoms with van der Waals surface area (Å²) in [4.78, 5) is 65.6. The van der Waals surface area contributed by atoms with Crippen molar-refractivity contribution in [2.45, 2.75) is 32.2 Å². The summed E-state index contributed by atoms with van der Waals surface area (Å²) in [5.74, 6) is -0.835. The number of nitrogens with two attached hydrogens (primary N) is 1. The Bertz CT molecular complexity index is 2590. The molecule has 2 amide bonds. The minimum atomic E-state index is -1.22. The fourth-order valence-electron chi connectivity index (χ4n) is 6.36. The number of rotatable bonds is 14. The Labute approximate surface area is 317 Å². The average molecular weight is 758 g/mol. The number of phenols is 1. The first-order valence-corrected chi connectivity index (χ1v) is 18.5. The van der Waals surface area contributed by atoms with Gasteiger partial charge in [-0.25, -0.2) is 14.8 Å². The van der Waals surface area contributed by atoms with Crippen LogP contribution in [-0.2, 0) is 29.0 Å². The summed E-state index contributed by atoms with van der Waals surface area (Å²) >= 11 is 1.29. The molecule has 55 heavy (non-hydrogen) atoms. The molecule has 0 atom stereocenters. The number of carboxylic acid groups (broad SMARTS) is 1. The Balaban J connectivity index is 0.882. The molecule has 0 radical (unpaired) electrons. The molecule has 14 nitrogen and oxygen atoms in total. The number of aromatic carboxylic acids is 1. The summed E-state index contributed by atoms with van der Waals surface area (Å²) in [5.41, 5.74) is 11.7. The predicted octanol–water partition coefficient (Wildman–Crippen LogP) is 5.77. The highest BCUT2D eigenvalue weighted by molar-refractivity contribution is 7.99. The van der Waals surface area contributed by atoms with Gasteiger partial charge in [-0.3, -0.25) is 14.4 Å². The topological polar surface area (TPSA) is 226 Å². The van der Waals surface area contributed by atoms with Gasteiger partial charge >= 0.3 is 5.97 Å². The number of thioether (sulfide) groups is 1. The van der Waals surface area contributed by atoms with Crippen LogP contribution in [0.2, 0.25) is 0 Å². The molecule has 2 aliphatic rings. The molecule has 278 valence electrons. The maximum absolute atomic E-state index is 12.8. The second kappa shape index (κ2) is 16.1. The van der Waals surface area contributed by atoms with E-state index in [9.17, 15) is 29.4 Å². The van der Waals surface area contributed by atoms with Crippen molar-refractivity contribution in [3.8, 4) is 28.2 Å². The van der Waals surface area contributed by atoms with Crippen LogP contribution in [0.5, 0.6) is 5.75 Å². The van der Waals surface area contributed by atoms with Crippen molar-refractivity contribution in [2.75, 3.05) is 22.6 Å². The zero-order chi connectivity index (χ0) is 38.5. The van der Waals surface area contributed by atoms with E-state index in [1.165, 1.54) is 47.7 Å². The standard InChI is InChI=1S/C40H35N7O7S/c41-40-46-31(37-38(47-40)44-21-43-37)3-1-2-22-4-6-23(7-5-22)19-42-34(50)14-15-55-20-35(51)45-24-8-11-27(30(16-24)39(52)53)36-28-12-9-25(48)17-32(28)54-33-18-26(49)10-13-29(33)36/h4-13,16-18,21,48H,1-3,14-15,19-20H2,(H,42,50)(H,45,51)(H,52,53)(H3,41,43,44,46,47). The van der Waals surface area contributed by atoms with Crippen LogP contribution in [-0.4, -0.2) is 59.4 Å². The molecule has 0 fully saturated rings. The second-order valence-corrected chi connectivity index (χ2v) is 13.9. The van der Waals surface area contributed by atoms with E-state index in [4.69, 9.17) is 10.2 Å². The first-order chi connectivity index (χ1) is 26.6. The summed E-state index contributed by atoms with van der Waals surface area (Å²) < 4.78 is 5.88. The number of carbonyl (C=O) groups excluding carboxylic acids is 2. The second-order valence-electron chi connectivity index (χ2n) is 12.8. The van der Waals surface area contributed by atoms with Gasteiger partial charge in [-0.2, -0.15) is 16.7 Å². The quantitative estimate of drug-likeness (QED) is 0.0574. The number of aromatic nitrogens is 4. The first kappa shape index (κ1) is 36.6. The van der Waals surface area contributed by atoms with Crippen LogP contribution >= 0.6 is 11.8 Å². The number of nitrogens with zero attached hydrogens (tertiary/aromatic N) is 3. The summed E-state index contributed by atoms with van der Waals surface area (Å²) in [6.07, 6.45) is 4.24. The van der Waals surface area contributed by atoms with Crippen LogP contribution in [0.3, 0.4) is 0 Å². The smallest absolute Gasteiger partial charge is 0.336 e. The number of hydrogen-bond donors (Lipinski definition) is 6. The third-order valence-corrected chi connectivity index (χ3v) is 9.92. The van der Waals surface area contributed by atoms with E-state index in [2.05, 4.69) is 30.6 Å². The highest BCUT2D eigenvalue weighted by atomic mass is 32.2. The average Bonchev–Trinajstić information content (AvgIpc) is 3.64. The Hall–Kier alpha value is -6.74. The molecule has 0 unspecified atom stereocenters. The highest BCUT2D eigenvalue weighted by Crippen LogP contribution is 2.42. The number of nitrogens with one attached hydrogen (secondary N) is 3.